The second-order valence-corrected chi connectivity index (χ2v) is 3.11. The van der Waals surface area contributed by atoms with Crippen molar-refractivity contribution in [3.8, 4) is 11.3 Å². The molecule has 0 aliphatic carbocycles. The van der Waals surface area contributed by atoms with Gasteiger partial charge in [0, 0.05) is 11.1 Å². The third-order valence-electron chi connectivity index (χ3n) is 1.30. The highest BCUT2D eigenvalue weighted by Gasteiger charge is 2.08. The third-order valence-corrected chi connectivity index (χ3v) is 2.44. The van der Waals surface area contributed by atoms with Crippen LogP contribution in [0, 0.1) is 11.3 Å². The largest absolute Gasteiger partial charge is 0.473 e. The van der Waals surface area contributed by atoms with Crippen LogP contribution in [-0.2, 0) is 0 Å². The van der Waals surface area contributed by atoms with Gasteiger partial charge in [0.1, 0.15) is 0 Å². The lowest BCUT2D eigenvalue weighted by Gasteiger charge is -1.92. The fourth-order valence-corrected chi connectivity index (χ4v) is 1.35. The Balaban J connectivity index is 2.82. The Bertz CT molecular complexity index is 276. The minimum Gasteiger partial charge on any atom is -0.473 e. The molecule has 0 saturated heterocycles. The Labute approximate surface area is 69.3 Å². The van der Waals surface area contributed by atoms with E-state index >= 15 is 0 Å². The molecule has 0 radical (unpaired) electrons. The van der Waals surface area contributed by atoms with Gasteiger partial charge in [-0.3, -0.25) is 0 Å². The highest BCUT2D eigenvalue weighted by atomic mass is 32.1. The lowest BCUT2D eigenvalue weighted by molar-refractivity contribution is 0.412. The summed E-state index contributed by atoms with van der Waals surface area (Å²) in [6.07, 6.45) is 1.68. The van der Waals surface area contributed by atoms with Crippen molar-refractivity contribution in [2.75, 3.05) is 7.11 Å². The van der Waals surface area contributed by atoms with E-state index in [0.717, 1.165) is 4.88 Å². The van der Waals surface area contributed by atoms with Gasteiger partial charge in [-0.05, 0) is 6.92 Å². The average molecular weight is 168 g/mol. The van der Waals surface area contributed by atoms with Crippen LogP contribution in [0.25, 0.3) is 0 Å². The molecule has 3 nitrogen and oxygen atoms in total. The summed E-state index contributed by atoms with van der Waals surface area (Å²) >= 11 is 1.41. The number of nitrogens with zero attached hydrogens (tertiary/aromatic N) is 2. The van der Waals surface area contributed by atoms with E-state index in [1.165, 1.54) is 11.3 Å². The normalized spacial score (nSPS) is 12.1. The van der Waals surface area contributed by atoms with E-state index < -0.39 is 0 Å². The predicted molar refractivity (Wildman–Crippen MR) is 42.7 cm³/mol. The molecule has 0 aliphatic heterocycles. The van der Waals surface area contributed by atoms with Crippen molar-refractivity contribution in [2.24, 2.45) is 0 Å². The van der Waals surface area contributed by atoms with Crippen LogP contribution in [0.3, 0.4) is 0 Å². The SMILES string of the molecule is COc1ncc(C(C)C#N)s1. The smallest absolute Gasteiger partial charge is 0.273 e. The molecule has 1 unspecified atom stereocenters. The molecule has 0 saturated carbocycles. The maximum Gasteiger partial charge on any atom is 0.273 e. The monoisotopic (exact) mass is 168 g/mol. The molecule has 0 fully saturated rings. The second kappa shape index (κ2) is 3.35. The van der Waals surface area contributed by atoms with Gasteiger partial charge >= 0.3 is 0 Å². The van der Waals surface area contributed by atoms with E-state index in [-0.39, 0.29) is 5.92 Å². The van der Waals surface area contributed by atoms with Crippen LogP contribution in [0.15, 0.2) is 6.20 Å². The molecule has 0 N–H and O–H groups in total. The minimum absolute atomic E-state index is 0.0867. The Hall–Kier alpha value is -1.08. The van der Waals surface area contributed by atoms with E-state index in [1.807, 2.05) is 6.92 Å². The molecule has 1 aromatic rings. The highest BCUT2D eigenvalue weighted by Crippen LogP contribution is 2.26. The highest BCUT2D eigenvalue weighted by molar-refractivity contribution is 7.13. The van der Waals surface area contributed by atoms with Gasteiger partial charge in [-0.1, -0.05) is 11.3 Å². The molecule has 0 amide bonds. The first-order valence-corrected chi connectivity index (χ1v) is 3.99. The zero-order valence-corrected chi connectivity index (χ0v) is 7.18. The second-order valence-electron chi connectivity index (χ2n) is 2.08. The standard InChI is InChI=1S/C7H8N2OS/c1-5(3-8)6-4-9-7(10-2)11-6/h4-5H,1-2H3. The van der Waals surface area contributed by atoms with Crippen LogP contribution in [0.2, 0.25) is 0 Å². The van der Waals surface area contributed by atoms with Gasteiger partial charge < -0.3 is 4.74 Å². The molecule has 0 aromatic carbocycles. The summed E-state index contributed by atoms with van der Waals surface area (Å²) in [5.74, 6) is -0.0867. The molecule has 0 aliphatic rings. The Kier molecular flexibility index (Phi) is 2.44. The quantitative estimate of drug-likeness (QED) is 0.676. The lowest BCUT2D eigenvalue weighted by Crippen LogP contribution is -1.81. The van der Waals surface area contributed by atoms with Crippen molar-refractivity contribution < 1.29 is 4.74 Å². The number of aromatic nitrogens is 1. The molecule has 11 heavy (non-hydrogen) atoms. The molecule has 0 bridgehead atoms. The summed E-state index contributed by atoms with van der Waals surface area (Å²) in [4.78, 5) is 4.90. The van der Waals surface area contributed by atoms with E-state index in [4.69, 9.17) is 10.00 Å². The number of rotatable bonds is 2. The van der Waals surface area contributed by atoms with E-state index in [9.17, 15) is 0 Å². The Morgan fingerprint density at radius 2 is 2.55 bits per heavy atom. The molecule has 0 spiro atoms. The fraction of sp³-hybridized carbons (Fsp3) is 0.429. The first-order valence-electron chi connectivity index (χ1n) is 3.17. The molecule has 58 valence electrons. The fourth-order valence-electron chi connectivity index (χ4n) is 0.628. The van der Waals surface area contributed by atoms with Crippen molar-refractivity contribution in [2.45, 2.75) is 12.8 Å². The summed E-state index contributed by atoms with van der Waals surface area (Å²) in [6, 6.07) is 2.13. The van der Waals surface area contributed by atoms with Crippen LogP contribution >= 0.6 is 11.3 Å². The summed E-state index contributed by atoms with van der Waals surface area (Å²) in [7, 11) is 1.57. The Morgan fingerprint density at radius 3 is 3.00 bits per heavy atom. The molecule has 1 heterocycles. The van der Waals surface area contributed by atoms with Gasteiger partial charge in [0.2, 0.25) is 0 Å². The van der Waals surface area contributed by atoms with Crippen molar-refractivity contribution in [3.63, 3.8) is 0 Å². The van der Waals surface area contributed by atoms with Crippen molar-refractivity contribution >= 4 is 11.3 Å². The van der Waals surface area contributed by atoms with Crippen LogP contribution in [0.1, 0.15) is 17.7 Å². The molecule has 1 aromatic heterocycles. The number of hydrogen-bond acceptors (Lipinski definition) is 4. The first-order chi connectivity index (χ1) is 5.27. The minimum atomic E-state index is -0.0867. The van der Waals surface area contributed by atoms with Gasteiger partial charge in [0.15, 0.2) is 0 Å². The van der Waals surface area contributed by atoms with Gasteiger partial charge in [-0.25, -0.2) is 4.98 Å². The van der Waals surface area contributed by atoms with Crippen molar-refractivity contribution in [1.29, 1.82) is 5.26 Å². The summed E-state index contributed by atoms with van der Waals surface area (Å²) in [5, 5.41) is 9.17. The number of nitriles is 1. The van der Waals surface area contributed by atoms with Gasteiger partial charge in [-0.2, -0.15) is 5.26 Å². The summed E-state index contributed by atoms with van der Waals surface area (Å²) in [5.41, 5.74) is 0. The maximum atomic E-state index is 8.56. The van der Waals surface area contributed by atoms with Crippen LogP contribution < -0.4 is 4.74 Å². The lowest BCUT2D eigenvalue weighted by atomic mass is 10.2. The molecular weight excluding hydrogens is 160 g/mol. The number of hydrogen-bond donors (Lipinski definition) is 0. The number of ether oxygens (including phenoxy) is 1. The average Bonchev–Trinajstić information content (AvgIpc) is 2.50. The molecule has 1 rings (SSSR count). The first kappa shape index (κ1) is 8.02. The third kappa shape index (κ3) is 1.69. The predicted octanol–water partition coefficient (Wildman–Crippen LogP) is 1.78. The molecular formula is C7H8N2OS. The van der Waals surface area contributed by atoms with Crippen LogP contribution in [0.5, 0.6) is 5.19 Å². The molecule has 4 heteroatoms. The zero-order valence-electron chi connectivity index (χ0n) is 6.37. The van der Waals surface area contributed by atoms with Crippen molar-refractivity contribution in [1.82, 2.24) is 4.98 Å². The number of thiazole rings is 1. The van der Waals surface area contributed by atoms with E-state index in [0.29, 0.717) is 5.19 Å². The van der Waals surface area contributed by atoms with E-state index in [2.05, 4.69) is 11.1 Å². The van der Waals surface area contributed by atoms with Crippen LogP contribution in [0.4, 0.5) is 0 Å². The summed E-state index contributed by atoms with van der Waals surface area (Å²) < 4.78 is 4.89. The zero-order chi connectivity index (χ0) is 8.27. The number of methoxy groups -OCH3 is 1. The summed E-state index contributed by atoms with van der Waals surface area (Å²) in [6.45, 7) is 1.84. The van der Waals surface area contributed by atoms with Gasteiger partial charge in [0.05, 0.1) is 19.1 Å². The topological polar surface area (TPSA) is 45.9 Å². The van der Waals surface area contributed by atoms with Gasteiger partial charge in [0.25, 0.3) is 5.19 Å². The molecule has 1 atom stereocenters. The van der Waals surface area contributed by atoms with Gasteiger partial charge in [-0.15, -0.1) is 0 Å². The van der Waals surface area contributed by atoms with Crippen LogP contribution in [-0.4, -0.2) is 12.1 Å². The Morgan fingerprint density at radius 1 is 1.82 bits per heavy atom. The maximum absolute atomic E-state index is 8.56. The van der Waals surface area contributed by atoms with E-state index in [1.54, 1.807) is 13.3 Å². The van der Waals surface area contributed by atoms with Crippen molar-refractivity contribution in [3.05, 3.63) is 11.1 Å².